The van der Waals surface area contributed by atoms with Gasteiger partial charge in [0.1, 0.15) is 18.1 Å². The predicted molar refractivity (Wildman–Crippen MR) is 93.3 cm³/mol. The third-order valence-electron chi connectivity index (χ3n) is 4.15. The van der Waals surface area contributed by atoms with Gasteiger partial charge in [-0.1, -0.05) is 0 Å². The summed E-state index contributed by atoms with van der Waals surface area (Å²) in [5.74, 6) is 0.0595. The van der Waals surface area contributed by atoms with E-state index in [0.717, 1.165) is 0 Å². The van der Waals surface area contributed by atoms with Crippen LogP contribution < -0.4 is 15.5 Å². The number of carbonyl (C=O) groups excluding carboxylic acids is 2. The number of carbonyl (C=O) groups is 2. The van der Waals surface area contributed by atoms with Crippen molar-refractivity contribution in [2.24, 2.45) is 10.9 Å². The lowest BCUT2D eigenvalue weighted by Crippen LogP contribution is -2.40. The molecule has 2 aliphatic heterocycles. The smallest absolute Gasteiger partial charge is 0.322 e. The normalized spacial score (nSPS) is 19.2. The molecule has 2 heterocycles. The quantitative estimate of drug-likeness (QED) is 0.550. The lowest BCUT2D eigenvalue weighted by Gasteiger charge is -2.22. The summed E-state index contributed by atoms with van der Waals surface area (Å²) in [4.78, 5) is 30.0. The Labute approximate surface area is 150 Å². The first-order valence-electron chi connectivity index (χ1n) is 8.13. The van der Waals surface area contributed by atoms with Crippen LogP contribution in [0.4, 0.5) is 10.5 Å². The van der Waals surface area contributed by atoms with E-state index in [-0.39, 0.29) is 25.7 Å². The molecule has 3 amide bonds. The summed E-state index contributed by atoms with van der Waals surface area (Å²) in [5, 5.41) is 11.6. The van der Waals surface area contributed by atoms with Crippen LogP contribution in [0.2, 0.25) is 0 Å². The minimum atomic E-state index is -0.585. The molecule has 26 heavy (non-hydrogen) atoms. The van der Waals surface area contributed by atoms with Gasteiger partial charge in [-0.25, -0.2) is 10.3 Å². The molecule has 0 aliphatic carbocycles. The molecule has 3 rings (SSSR count). The number of nitrogens with zero attached hydrogens (tertiary/aromatic N) is 2. The number of ether oxygens (including phenoxy) is 2. The van der Waals surface area contributed by atoms with E-state index in [4.69, 9.17) is 14.7 Å². The zero-order valence-electron chi connectivity index (χ0n) is 14.3. The van der Waals surface area contributed by atoms with Gasteiger partial charge in [-0.3, -0.25) is 15.0 Å². The molecule has 1 fully saturated rings. The first-order chi connectivity index (χ1) is 12.6. The fourth-order valence-corrected chi connectivity index (χ4v) is 2.69. The van der Waals surface area contributed by atoms with Gasteiger partial charge in [-0.15, -0.1) is 0 Å². The second-order valence-electron chi connectivity index (χ2n) is 5.83. The van der Waals surface area contributed by atoms with Crippen LogP contribution in [0.25, 0.3) is 0 Å². The highest BCUT2D eigenvalue weighted by molar-refractivity contribution is 6.04. The maximum Gasteiger partial charge on any atom is 0.322 e. The average molecular weight is 360 g/mol. The average Bonchev–Trinajstić information content (AvgIpc) is 2.89. The van der Waals surface area contributed by atoms with Gasteiger partial charge in [-0.2, -0.15) is 0 Å². The maximum atomic E-state index is 12.5. The molecule has 1 aromatic carbocycles. The standard InChI is InChI=1S/C17H20N4O5/c1-25-13-4-2-12(3-5-13)19-17(23)21-6-7-26-15-8-11(16(22)20-24)9-18-14(15)10-21/h2-5,8,11,24H,6-7,9-10H2,1H3,(H,19,23)(H,20,22). The first kappa shape index (κ1) is 17.7. The molecule has 1 atom stereocenters. The molecule has 138 valence electrons. The molecule has 9 nitrogen and oxygen atoms in total. The van der Waals surface area contributed by atoms with E-state index in [1.807, 2.05) is 0 Å². The number of amides is 3. The Bertz CT molecular complexity index is 744. The van der Waals surface area contributed by atoms with Crippen LogP contribution in [0.15, 0.2) is 41.1 Å². The van der Waals surface area contributed by atoms with Crippen molar-refractivity contribution in [3.8, 4) is 5.75 Å². The number of hydroxylamine groups is 1. The molecule has 0 spiro atoms. The third-order valence-corrected chi connectivity index (χ3v) is 4.15. The summed E-state index contributed by atoms with van der Waals surface area (Å²) in [6.45, 7) is 1.15. The fourth-order valence-electron chi connectivity index (χ4n) is 2.69. The summed E-state index contributed by atoms with van der Waals surface area (Å²) < 4.78 is 10.7. The monoisotopic (exact) mass is 360 g/mol. The Morgan fingerprint density at radius 1 is 1.35 bits per heavy atom. The van der Waals surface area contributed by atoms with E-state index in [9.17, 15) is 9.59 Å². The Kier molecular flexibility index (Phi) is 5.37. The van der Waals surface area contributed by atoms with Crippen LogP contribution in [0.5, 0.6) is 5.75 Å². The van der Waals surface area contributed by atoms with Crippen molar-refractivity contribution < 1.29 is 24.3 Å². The largest absolute Gasteiger partial charge is 0.497 e. The molecular formula is C17H20N4O5. The van der Waals surface area contributed by atoms with Gasteiger partial charge in [0.05, 0.1) is 38.4 Å². The van der Waals surface area contributed by atoms with E-state index in [2.05, 4.69) is 10.3 Å². The van der Waals surface area contributed by atoms with Gasteiger partial charge in [0, 0.05) is 5.69 Å². The minimum absolute atomic E-state index is 0.197. The van der Waals surface area contributed by atoms with E-state index in [1.165, 1.54) is 0 Å². The van der Waals surface area contributed by atoms with Crippen LogP contribution in [0.3, 0.4) is 0 Å². The molecule has 3 N–H and O–H groups in total. The number of rotatable bonds is 3. The van der Waals surface area contributed by atoms with Crippen LogP contribution in [-0.2, 0) is 9.53 Å². The number of benzene rings is 1. The molecule has 0 saturated carbocycles. The van der Waals surface area contributed by atoms with Gasteiger partial charge >= 0.3 is 6.03 Å². The number of dihydropyridines is 1. The highest BCUT2D eigenvalue weighted by atomic mass is 16.5. The summed E-state index contributed by atoms with van der Waals surface area (Å²) in [7, 11) is 1.58. The molecule has 1 aromatic rings. The first-order valence-corrected chi connectivity index (χ1v) is 8.13. The lowest BCUT2D eigenvalue weighted by atomic mass is 10.0. The summed E-state index contributed by atoms with van der Waals surface area (Å²) in [6, 6.07) is 6.77. The van der Waals surface area contributed by atoms with E-state index < -0.39 is 11.8 Å². The zero-order valence-corrected chi connectivity index (χ0v) is 14.3. The number of methoxy groups -OCH3 is 1. The van der Waals surface area contributed by atoms with Gasteiger partial charge < -0.3 is 19.7 Å². The summed E-state index contributed by atoms with van der Waals surface area (Å²) >= 11 is 0. The Balaban J connectivity index is 1.65. The van der Waals surface area contributed by atoms with Crippen molar-refractivity contribution in [2.45, 2.75) is 0 Å². The minimum Gasteiger partial charge on any atom is -0.497 e. The van der Waals surface area contributed by atoms with E-state index in [0.29, 0.717) is 29.5 Å². The second kappa shape index (κ2) is 7.87. The molecule has 2 aliphatic rings. The topological polar surface area (TPSA) is 112 Å². The summed E-state index contributed by atoms with van der Waals surface area (Å²) in [6.07, 6.45) is 1.62. The second-order valence-corrected chi connectivity index (χ2v) is 5.83. The number of anilines is 1. The Hall–Kier alpha value is -3.07. The molecule has 1 unspecified atom stereocenters. The van der Waals surface area contributed by atoms with Crippen LogP contribution >= 0.6 is 0 Å². The summed E-state index contributed by atoms with van der Waals surface area (Å²) in [5.41, 5.74) is 2.88. The number of hydrogen-bond donors (Lipinski definition) is 3. The van der Waals surface area contributed by atoms with Crippen molar-refractivity contribution in [1.29, 1.82) is 0 Å². The number of nitrogens with one attached hydrogen (secondary N) is 2. The predicted octanol–water partition coefficient (Wildman–Crippen LogP) is 1.02. The fraction of sp³-hybridized carbons (Fsp3) is 0.353. The lowest BCUT2D eigenvalue weighted by molar-refractivity contribution is -0.131. The SMILES string of the molecule is COc1ccc(NC(=O)N2CCOC3=CC(C(=O)NO)CN=C3C2)cc1. The van der Waals surface area contributed by atoms with Gasteiger partial charge in [0.15, 0.2) is 0 Å². The number of aliphatic imine (C=N–C) groups is 1. The van der Waals surface area contributed by atoms with Gasteiger partial charge in [0.25, 0.3) is 5.91 Å². The van der Waals surface area contributed by atoms with Crippen molar-refractivity contribution in [3.05, 3.63) is 36.1 Å². The van der Waals surface area contributed by atoms with Crippen molar-refractivity contribution >= 4 is 23.3 Å². The molecular weight excluding hydrogens is 340 g/mol. The van der Waals surface area contributed by atoms with Crippen LogP contribution in [0.1, 0.15) is 0 Å². The highest BCUT2D eigenvalue weighted by Crippen LogP contribution is 2.19. The van der Waals surface area contributed by atoms with E-state index in [1.54, 1.807) is 47.8 Å². The molecule has 0 aromatic heterocycles. The molecule has 9 heteroatoms. The van der Waals surface area contributed by atoms with E-state index >= 15 is 0 Å². The van der Waals surface area contributed by atoms with Crippen molar-refractivity contribution in [1.82, 2.24) is 10.4 Å². The molecule has 0 radical (unpaired) electrons. The van der Waals surface area contributed by atoms with Crippen LogP contribution in [-0.4, -0.2) is 61.1 Å². The molecule has 0 bridgehead atoms. The number of urea groups is 1. The number of hydrogen-bond acceptors (Lipinski definition) is 6. The Morgan fingerprint density at radius 2 is 2.12 bits per heavy atom. The van der Waals surface area contributed by atoms with Gasteiger partial charge in [-0.05, 0) is 30.3 Å². The highest BCUT2D eigenvalue weighted by Gasteiger charge is 2.28. The zero-order chi connectivity index (χ0) is 18.5. The van der Waals surface area contributed by atoms with Crippen LogP contribution in [0, 0.1) is 5.92 Å². The Morgan fingerprint density at radius 3 is 2.81 bits per heavy atom. The maximum absolute atomic E-state index is 12.5. The van der Waals surface area contributed by atoms with Crippen molar-refractivity contribution in [3.63, 3.8) is 0 Å². The number of fused-ring (bicyclic) bond motifs is 1. The third kappa shape index (κ3) is 3.94. The van der Waals surface area contributed by atoms with Gasteiger partial charge in [0.2, 0.25) is 0 Å². The van der Waals surface area contributed by atoms with Crippen molar-refractivity contribution in [2.75, 3.05) is 38.7 Å². The molecule has 1 saturated heterocycles.